The first-order chi connectivity index (χ1) is 14.9. The van der Waals surface area contributed by atoms with Gasteiger partial charge in [-0.2, -0.15) is 0 Å². The zero-order chi connectivity index (χ0) is 22.2. The molecule has 0 bridgehead atoms. The van der Waals surface area contributed by atoms with Crippen molar-refractivity contribution in [3.05, 3.63) is 60.2 Å². The first-order valence-corrected chi connectivity index (χ1v) is 10.6. The molecule has 31 heavy (non-hydrogen) atoms. The molecule has 1 aliphatic heterocycles. The molecule has 2 aromatic carbocycles. The van der Waals surface area contributed by atoms with Crippen LogP contribution in [0.15, 0.2) is 54.6 Å². The number of para-hydroxylation sites is 1. The average Bonchev–Trinajstić information content (AvgIpc) is 2.78. The van der Waals surface area contributed by atoms with Gasteiger partial charge >= 0.3 is 0 Å². The topological polar surface area (TPSA) is 87.7 Å². The molecule has 0 saturated carbocycles. The number of amides is 3. The maximum Gasteiger partial charge on any atom is 0.251 e. The number of hydrogen-bond donors (Lipinski definition) is 2. The van der Waals surface area contributed by atoms with Crippen molar-refractivity contribution in [1.29, 1.82) is 0 Å². The average molecular weight is 424 g/mol. The molecular formula is C24H29N3O4. The van der Waals surface area contributed by atoms with Crippen LogP contribution < -0.4 is 15.4 Å². The minimum absolute atomic E-state index is 0.0171. The van der Waals surface area contributed by atoms with E-state index in [9.17, 15) is 14.4 Å². The Balaban J connectivity index is 1.41. The van der Waals surface area contributed by atoms with Crippen molar-refractivity contribution < 1.29 is 19.1 Å². The Morgan fingerprint density at radius 2 is 1.65 bits per heavy atom. The number of piperidine rings is 1. The first kappa shape index (κ1) is 22.3. The van der Waals surface area contributed by atoms with E-state index in [1.807, 2.05) is 44.2 Å². The van der Waals surface area contributed by atoms with E-state index in [1.54, 1.807) is 29.2 Å². The molecule has 0 aliphatic carbocycles. The second kappa shape index (κ2) is 10.6. The van der Waals surface area contributed by atoms with Gasteiger partial charge in [0.2, 0.25) is 11.8 Å². The Hall–Kier alpha value is -3.35. The Morgan fingerprint density at radius 3 is 2.26 bits per heavy atom. The van der Waals surface area contributed by atoms with E-state index in [0.29, 0.717) is 37.2 Å². The third-order valence-corrected chi connectivity index (χ3v) is 5.15. The van der Waals surface area contributed by atoms with Gasteiger partial charge in [0.25, 0.3) is 5.91 Å². The van der Waals surface area contributed by atoms with E-state index in [0.717, 1.165) is 5.69 Å². The highest BCUT2D eigenvalue weighted by Gasteiger charge is 2.27. The van der Waals surface area contributed by atoms with Crippen LogP contribution in [0.3, 0.4) is 0 Å². The lowest BCUT2D eigenvalue weighted by molar-refractivity contribution is -0.133. The number of rotatable bonds is 7. The SMILES string of the molecule is CC(C)Oc1ccc(C(=O)NCC(=O)N2CCC(C(=O)Nc3ccccc3)CC2)cc1. The van der Waals surface area contributed by atoms with Crippen molar-refractivity contribution in [2.75, 3.05) is 25.0 Å². The molecule has 0 atom stereocenters. The number of nitrogens with one attached hydrogen (secondary N) is 2. The fourth-order valence-corrected chi connectivity index (χ4v) is 3.48. The molecule has 0 aromatic heterocycles. The maximum absolute atomic E-state index is 12.5. The number of anilines is 1. The molecule has 164 valence electrons. The van der Waals surface area contributed by atoms with Crippen LogP contribution in [0.1, 0.15) is 37.0 Å². The lowest BCUT2D eigenvalue weighted by Gasteiger charge is -2.31. The highest BCUT2D eigenvalue weighted by molar-refractivity contribution is 5.96. The molecule has 3 rings (SSSR count). The van der Waals surface area contributed by atoms with Crippen molar-refractivity contribution in [2.24, 2.45) is 5.92 Å². The molecule has 1 heterocycles. The lowest BCUT2D eigenvalue weighted by atomic mass is 9.95. The van der Waals surface area contributed by atoms with Gasteiger partial charge in [-0.05, 0) is 63.1 Å². The van der Waals surface area contributed by atoms with E-state index in [2.05, 4.69) is 10.6 Å². The number of carbonyl (C=O) groups excluding carboxylic acids is 3. The van der Waals surface area contributed by atoms with Crippen LogP contribution in [0.2, 0.25) is 0 Å². The third-order valence-electron chi connectivity index (χ3n) is 5.15. The summed E-state index contributed by atoms with van der Waals surface area (Å²) in [4.78, 5) is 38.9. The summed E-state index contributed by atoms with van der Waals surface area (Å²) in [5.41, 5.74) is 1.25. The van der Waals surface area contributed by atoms with E-state index >= 15 is 0 Å². The van der Waals surface area contributed by atoms with Crippen LogP contribution in [0.5, 0.6) is 5.75 Å². The summed E-state index contributed by atoms with van der Waals surface area (Å²) in [6.07, 6.45) is 1.27. The van der Waals surface area contributed by atoms with Crippen LogP contribution >= 0.6 is 0 Å². The predicted octanol–water partition coefficient (Wildman–Crippen LogP) is 3.08. The van der Waals surface area contributed by atoms with Crippen LogP contribution in [-0.4, -0.2) is 48.4 Å². The van der Waals surface area contributed by atoms with Crippen LogP contribution in [0.25, 0.3) is 0 Å². The van der Waals surface area contributed by atoms with Crippen molar-refractivity contribution in [1.82, 2.24) is 10.2 Å². The second-order valence-electron chi connectivity index (χ2n) is 7.88. The highest BCUT2D eigenvalue weighted by Crippen LogP contribution is 2.19. The van der Waals surface area contributed by atoms with Gasteiger partial charge in [0, 0.05) is 30.3 Å². The molecule has 2 N–H and O–H groups in total. The molecule has 1 fully saturated rings. The van der Waals surface area contributed by atoms with E-state index in [4.69, 9.17) is 4.74 Å². The summed E-state index contributed by atoms with van der Waals surface area (Å²) >= 11 is 0. The van der Waals surface area contributed by atoms with Gasteiger partial charge in [-0.15, -0.1) is 0 Å². The Kier molecular flexibility index (Phi) is 7.65. The summed E-state index contributed by atoms with van der Waals surface area (Å²) < 4.78 is 5.56. The van der Waals surface area contributed by atoms with Gasteiger partial charge in [-0.25, -0.2) is 0 Å². The molecule has 3 amide bonds. The largest absolute Gasteiger partial charge is 0.491 e. The number of ether oxygens (including phenoxy) is 1. The number of carbonyl (C=O) groups is 3. The Morgan fingerprint density at radius 1 is 1.00 bits per heavy atom. The van der Waals surface area contributed by atoms with Gasteiger partial charge < -0.3 is 20.3 Å². The van der Waals surface area contributed by atoms with Crippen molar-refractivity contribution in [3.63, 3.8) is 0 Å². The number of hydrogen-bond acceptors (Lipinski definition) is 4. The first-order valence-electron chi connectivity index (χ1n) is 10.6. The molecular weight excluding hydrogens is 394 g/mol. The fourth-order valence-electron chi connectivity index (χ4n) is 3.48. The standard InChI is InChI=1S/C24H29N3O4/c1-17(2)31-21-10-8-18(9-11-21)23(29)25-16-22(28)27-14-12-19(13-15-27)24(30)26-20-6-4-3-5-7-20/h3-11,17,19H,12-16H2,1-2H3,(H,25,29)(H,26,30). The normalized spacial score (nSPS) is 14.2. The molecule has 0 unspecified atom stereocenters. The molecule has 1 saturated heterocycles. The minimum Gasteiger partial charge on any atom is -0.491 e. The van der Waals surface area contributed by atoms with E-state index < -0.39 is 0 Å². The van der Waals surface area contributed by atoms with Crippen molar-refractivity contribution in [2.45, 2.75) is 32.8 Å². The maximum atomic E-state index is 12.5. The zero-order valence-electron chi connectivity index (χ0n) is 18.0. The smallest absolute Gasteiger partial charge is 0.251 e. The minimum atomic E-state index is -0.304. The summed E-state index contributed by atoms with van der Waals surface area (Å²) in [6.45, 7) is 4.81. The summed E-state index contributed by atoms with van der Waals surface area (Å²) in [6, 6.07) is 16.2. The Labute approximate surface area is 182 Å². The molecule has 7 nitrogen and oxygen atoms in total. The quantitative estimate of drug-likeness (QED) is 0.716. The van der Waals surface area contributed by atoms with Gasteiger partial charge in [-0.3, -0.25) is 14.4 Å². The molecule has 1 aliphatic rings. The number of likely N-dealkylation sites (tertiary alicyclic amines) is 1. The van der Waals surface area contributed by atoms with Crippen LogP contribution in [0.4, 0.5) is 5.69 Å². The van der Waals surface area contributed by atoms with Gasteiger partial charge in [-0.1, -0.05) is 18.2 Å². The highest BCUT2D eigenvalue weighted by atomic mass is 16.5. The molecule has 7 heteroatoms. The summed E-state index contributed by atoms with van der Waals surface area (Å²) in [5, 5.41) is 5.59. The fraction of sp³-hybridized carbons (Fsp3) is 0.375. The monoisotopic (exact) mass is 423 g/mol. The summed E-state index contributed by atoms with van der Waals surface area (Å²) in [7, 11) is 0. The third kappa shape index (κ3) is 6.57. The zero-order valence-corrected chi connectivity index (χ0v) is 18.0. The van der Waals surface area contributed by atoms with E-state index in [1.165, 1.54) is 0 Å². The summed E-state index contributed by atoms with van der Waals surface area (Å²) in [5.74, 6) is 0.111. The second-order valence-corrected chi connectivity index (χ2v) is 7.88. The lowest BCUT2D eigenvalue weighted by Crippen LogP contribution is -2.45. The predicted molar refractivity (Wildman–Crippen MR) is 119 cm³/mol. The number of nitrogens with zero attached hydrogens (tertiary/aromatic N) is 1. The Bertz CT molecular complexity index is 889. The van der Waals surface area contributed by atoms with Crippen molar-refractivity contribution in [3.8, 4) is 5.75 Å². The molecule has 0 radical (unpaired) electrons. The van der Waals surface area contributed by atoms with Crippen molar-refractivity contribution >= 4 is 23.4 Å². The number of benzene rings is 2. The van der Waals surface area contributed by atoms with Gasteiger partial charge in [0.1, 0.15) is 5.75 Å². The van der Waals surface area contributed by atoms with Crippen LogP contribution in [0, 0.1) is 5.92 Å². The van der Waals surface area contributed by atoms with Gasteiger partial charge in [0.05, 0.1) is 12.6 Å². The van der Waals surface area contributed by atoms with Crippen LogP contribution in [-0.2, 0) is 9.59 Å². The van der Waals surface area contributed by atoms with Gasteiger partial charge in [0.15, 0.2) is 0 Å². The van der Waals surface area contributed by atoms with E-state index in [-0.39, 0.29) is 36.3 Å². The molecule has 2 aromatic rings. The molecule has 0 spiro atoms.